The summed E-state index contributed by atoms with van der Waals surface area (Å²) in [7, 11) is 0. The van der Waals surface area contributed by atoms with Gasteiger partial charge in [-0.3, -0.25) is 0 Å². The van der Waals surface area contributed by atoms with E-state index in [4.69, 9.17) is 0 Å². The van der Waals surface area contributed by atoms with Crippen molar-refractivity contribution in [3.8, 4) is 0 Å². The number of hydrogen-bond donors (Lipinski definition) is 0. The first-order valence-corrected chi connectivity index (χ1v) is 19.7. The lowest BCUT2D eigenvalue weighted by Gasteiger charge is -2.40. The molecule has 0 spiro atoms. The fourth-order valence-electron chi connectivity index (χ4n) is 7.76. The zero-order valence-electron chi connectivity index (χ0n) is 30.4. The van der Waals surface area contributed by atoms with Crippen LogP contribution in [0.2, 0.25) is 0 Å². The summed E-state index contributed by atoms with van der Waals surface area (Å²) in [5.74, 6) is 1.50. The topological polar surface area (TPSA) is 9.72 Å². The van der Waals surface area contributed by atoms with Crippen molar-refractivity contribution in [2.75, 3.05) is 14.7 Å². The summed E-state index contributed by atoms with van der Waals surface area (Å²) in [5, 5.41) is 0. The predicted octanol–water partition coefficient (Wildman–Crippen LogP) is 13.9. The molecule has 3 aliphatic heterocycles. The van der Waals surface area contributed by atoms with Crippen LogP contribution in [0.15, 0.2) is 129 Å². The maximum Gasteiger partial charge on any atom is 0.196 e. The lowest BCUT2D eigenvalue weighted by molar-refractivity contribution is 0.803. The molecular weight excluding hydrogens is 647 g/mol. The first-order chi connectivity index (χ1) is 24.1. The lowest BCUT2D eigenvalue weighted by atomic mass is 9.90. The maximum atomic E-state index is 2.51. The molecule has 3 heterocycles. The van der Waals surface area contributed by atoms with Gasteiger partial charge in [0, 0.05) is 37.5 Å². The highest BCUT2D eigenvalue weighted by Crippen LogP contribution is 2.61. The van der Waals surface area contributed by atoms with E-state index in [1.165, 1.54) is 82.0 Å². The molecule has 8 rings (SSSR count). The molecule has 253 valence electrons. The Balaban J connectivity index is 1.39. The van der Waals surface area contributed by atoms with Crippen molar-refractivity contribution in [1.82, 2.24) is 0 Å². The van der Waals surface area contributed by atoms with Crippen LogP contribution in [-0.4, -0.2) is 0 Å². The molecule has 1 radical (unpaired) electrons. The van der Waals surface area contributed by atoms with Gasteiger partial charge < -0.3 is 14.7 Å². The van der Waals surface area contributed by atoms with Gasteiger partial charge in [0.15, 0.2) is 6.17 Å². The first-order valence-electron chi connectivity index (χ1n) is 18.1. The van der Waals surface area contributed by atoms with Crippen molar-refractivity contribution < 1.29 is 0 Å². The zero-order chi connectivity index (χ0) is 34.8. The van der Waals surface area contributed by atoms with Crippen LogP contribution in [0, 0.1) is 6.17 Å². The summed E-state index contributed by atoms with van der Waals surface area (Å²) in [5.41, 5.74) is 13.1. The van der Waals surface area contributed by atoms with Crippen molar-refractivity contribution in [3.05, 3.63) is 143 Å². The number of benzene rings is 5. The Hall–Kier alpha value is -4.06. The molecule has 5 aromatic rings. The smallest absolute Gasteiger partial charge is 0.196 e. The highest BCUT2D eigenvalue weighted by molar-refractivity contribution is 8.00. The molecule has 50 heavy (non-hydrogen) atoms. The van der Waals surface area contributed by atoms with E-state index in [-0.39, 0.29) is 0 Å². The number of hydrogen-bond acceptors (Lipinski definition) is 5. The van der Waals surface area contributed by atoms with Crippen LogP contribution in [0.3, 0.4) is 0 Å². The summed E-state index contributed by atoms with van der Waals surface area (Å²) in [4.78, 5) is 12.7. The Labute approximate surface area is 307 Å². The Kier molecular flexibility index (Phi) is 8.56. The summed E-state index contributed by atoms with van der Waals surface area (Å²) in [6.07, 6.45) is 5.84. The van der Waals surface area contributed by atoms with E-state index in [2.05, 4.69) is 180 Å². The van der Waals surface area contributed by atoms with Crippen LogP contribution in [0.5, 0.6) is 0 Å². The molecule has 0 N–H and O–H groups in total. The highest BCUT2D eigenvalue weighted by Gasteiger charge is 2.40. The van der Waals surface area contributed by atoms with Gasteiger partial charge in [-0.25, -0.2) is 0 Å². The molecule has 5 aromatic carbocycles. The third kappa shape index (κ3) is 5.36. The van der Waals surface area contributed by atoms with E-state index >= 15 is 0 Å². The van der Waals surface area contributed by atoms with Crippen LogP contribution in [0.4, 0.5) is 28.4 Å². The van der Waals surface area contributed by atoms with Gasteiger partial charge >= 0.3 is 0 Å². The normalized spacial score (nSPS) is 15.1. The second kappa shape index (κ2) is 12.9. The van der Waals surface area contributed by atoms with Gasteiger partial charge in [0.1, 0.15) is 0 Å². The van der Waals surface area contributed by atoms with Crippen LogP contribution >= 0.6 is 23.5 Å². The van der Waals surface area contributed by atoms with Crippen LogP contribution < -0.4 is 14.7 Å². The molecule has 5 heteroatoms. The molecule has 3 nitrogen and oxygen atoms in total. The molecule has 0 fully saturated rings. The average Bonchev–Trinajstić information content (AvgIpc) is 3.55. The van der Waals surface area contributed by atoms with Gasteiger partial charge in [-0.05, 0) is 82.3 Å². The molecular formula is C45H46N3S2. The number of fused-ring (bicyclic) bond motifs is 4. The van der Waals surface area contributed by atoms with Gasteiger partial charge in [0.25, 0.3) is 0 Å². The third-order valence-corrected chi connectivity index (χ3v) is 12.4. The minimum absolute atomic E-state index is 0.374. The molecule has 0 atom stereocenters. The predicted molar refractivity (Wildman–Crippen MR) is 215 cm³/mol. The second-order valence-corrected chi connectivity index (χ2v) is 17.0. The molecule has 0 amide bonds. The van der Waals surface area contributed by atoms with Gasteiger partial charge in [-0.2, -0.15) is 0 Å². The van der Waals surface area contributed by atoms with Gasteiger partial charge in [-0.1, -0.05) is 140 Å². The van der Waals surface area contributed by atoms with Gasteiger partial charge in [0.05, 0.1) is 28.4 Å². The van der Waals surface area contributed by atoms with E-state index in [0.29, 0.717) is 23.7 Å². The molecule has 3 aliphatic rings. The first kappa shape index (κ1) is 33.1. The van der Waals surface area contributed by atoms with E-state index in [1.807, 2.05) is 23.5 Å². The zero-order valence-corrected chi connectivity index (χ0v) is 32.0. The van der Waals surface area contributed by atoms with Crippen LogP contribution in [0.25, 0.3) is 0 Å². The van der Waals surface area contributed by atoms with E-state index in [0.717, 1.165) is 0 Å². The van der Waals surface area contributed by atoms with Crippen molar-refractivity contribution >= 4 is 52.0 Å². The van der Waals surface area contributed by atoms with Crippen molar-refractivity contribution in [2.45, 2.75) is 98.6 Å². The largest absolute Gasteiger partial charge is 0.314 e. The maximum absolute atomic E-state index is 2.51. The third-order valence-electron chi connectivity index (χ3n) is 10.2. The molecule has 0 bridgehead atoms. The van der Waals surface area contributed by atoms with E-state index in [9.17, 15) is 0 Å². The quantitative estimate of drug-likeness (QED) is 0.164. The fourth-order valence-corrected chi connectivity index (χ4v) is 10.1. The number of rotatable bonds is 7. The molecule has 0 aromatic heterocycles. The minimum Gasteiger partial charge on any atom is -0.314 e. The van der Waals surface area contributed by atoms with Gasteiger partial charge in [0.2, 0.25) is 0 Å². The Morgan fingerprint density at radius 3 is 1.18 bits per heavy atom. The molecule has 0 unspecified atom stereocenters. The Morgan fingerprint density at radius 1 is 0.420 bits per heavy atom. The van der Waals surface area contributed by atoms with Crippen molar-refractivity contribution in [2.24, 2.45) is 0 Å². The minimum atomic E-state index is 0.374. The Morgan fingerprint density at radius 2 is 0.800 bits per heavy atom. The standard InChI is InChI=1S/C45H46N3S2/c1-27(2)32-15-13-16-33(28(3)4)42(32)46-23-24-47(43-34(29(5)6)17-14-18-35(43)30(7)8)45(46)31-25-40-44-41(26-31)50-39-22-12-10-20-37(39)48(44)36-19-9-11-21-38(36)49-40/h9-30H,1-8H3. The average molecular weight is 693 g/mol. The van der Waals surface area contributed by atoms with Crippen LogP contribution in [-0.2, 0) is 0 Å². The summed E-state index contributed by atoms with van der Waals surface area (Å²) in [6.45, 7) is 18.6. The van der Waals surface area contributed by atoms with E-state index < -0.39 is 0 Å². The highest BCUT2D eigenvalue weighted by atomic mass is 32.2. The van der Waals surface area contributed by atoms with Gasteiger partial charge in [-0.15, -0.1) is 0 Å². The fraction of sp³-hybridized carbons (Fsp3) is 0.267. The number of nitrogens with zero attached hydrogens (tertiary/aromatic N) is 3. The Bertz CT molecular complexity index is 1930. The van der Waals surface area contributed by atoms with Crippen molar-refractivity contribution in [1.29, 1.82) is 0 Å². The second-order valence-electron chi connectivity index (χ2n) is 14.8. The lowest BCUT2D eigenvalue weighted by Crippen LogP contribution is -2.34. The summed E-state index contributed by atoms with van der Waals surface area (Å²) in [6, 6.07) is 36.5. The van der Waals surface area contributed by atoms with Crippen LogP contribution in [0.1, 0.15) is 107 Å². The van der Waals surface area contributed by atoms with Crippen molar-refractivity contribution in [3.63, 3.8) is 0 Å². The summed E-state index contributed by atoms with van der Waals surface area (Å²) < 4.78 is 0. The number of anilines is 5. The van der Waals surface area contributed by atoms with E-state index in [1.54, 1.807) is 0 Å². The monoisotopic (exact) mass is 692 g/mol. The molecule has 0 saturated heterocycles. The summed E-state index contributed by atoms with van der Waals surface area (Å²) >= 11 is 3.80. The number of para-hydroxylation sites is 4. The SMILES string of the molecule is CC(C)c1cccc(C(C)C)c1N1C=CN(c2c(C(C)C)cccc2C(C)C)[C]1c1cc2c3c(c1)Sc1ccccc1N3c1ccccc1S2. The molecule has 0 aliphatic carbocycles. The molecule has 0 saturated carbocycles.